The first-order chi connectivity index (χ1) is 16.2. The molecule has 0 aliphatic rings. The van der Waals surface area contributed by atoms with Gasteiger partial charge in [0.2, 0.25) is 0 Å². The average Bonchev–Trinajstić information content (AvgIpc) is 2.83. The van der Waals surface area contributed by atoms with Crippen LogP contribution >= 0.6 is 0 Å². The SMILES string of the molecule is C=C(C)C(=O)OCCOC(=O)C(C)(F)F.c1ccc([S+](c2ccccc2)c2ccccc2)cc1. The van der Waals surface area contributed by atoms with Crippen molar-refractivity contribution in [2.45, 2.75) is 34.5 Å². The van der Waals surface area contributed by atoms with E-state index in [1.54, 1.807) is 0 Å². The van der Waals surface area contributed by atoms with Gasteiger partial charge in [0, 0.05) is 12.5 Å². The fourth-order valence-corrected chi connectivity index (χ4v) is 4.70. The van der Waals surface area contributed by atoms with Gasteiger partial charge in [-0.15, -0.1) is 0 Å². The van der Waals surface area contributed by atoms with E-state index in [1.807, 2.05) is 0 Å². The van der Waals surface area contributed by atoms with E-state index in [1.165, 1.54) is 21.6 Å². The number of rotatable bonds is 8. The van der Waals surface area contributed by atoms with Crippen LogP contribution in [0.2, 0.25) is 0 Å². The summed E-state index contributed by atoms with van der Waals surface area (Å²) in [6.45, 7) is 4.50. The lowest BCUT2D eigenvalue weighted by molar-refractivity contribution is -0.171. The Labute approximate surface area is 201 Å². The maximum atomic E-state index is 12.2. The number of carbonyl (C=O) groups is 2. The molecule has 0 aromatic heterocycles. The summed E-state index contributed by atoms with van der Waals surface area (Å²) in [5.74, 6) is -5.83. The van der Waals surface area contributed by atoms with Crippen molar-refractivity contribution in [1.29, 1.82) is 0 Å². The van der Waals surface area contributed by atoms with E-state index in [0.29, 0.717) is 6.92 Å². The maximum Gasteiger partial charge on any atom is 0.376 e. The number of ether oxygens (including phenoxy) is 2. The minimum Gasteiger partial charge on any atom is -0.459 e. The maximum absolute atomic E-state index is 12.2. The second-order valence-corrected chi connectivity index (χ2v) is 9.21. The molecule has 178 valence electrons. The molecule has 0 unspecified atom stereocenters. The Bertz CT molecular complexity index is 958. The molecule has 0 atom stereocenters. The molecule has 0 N–H and O–H groups in total. The van der Waals surface area contributed by atoms with Gasteiger partial charge >= 0.3 is 17.9 Å². The lowest BCUT2D eigenvalue weighted by atomic mass is 10.4. The van der Waals surface area contributed by atoms with Crippen LogP contribution in [0, 0.1) is 0 Å². The molecule has 0 bridgehead atoms. The quantitative estimate of drug-likeness (QED) is 0.168. The van der Waals surface area contributed by atoms with E-state index in [-0.39, 0.29) is 23.1 Å². The summed E-state index contributed by atoms with van der Waals surface area (Å²) in [6.07, 6.45) is 0. The van der Waals surface area contributed by atoms with E-state index in [4.69, 9.17) is 0 Å². The summed E-state index contributed by atoms with van der Waals surface area (Å²) in [5.41, 5.74) is 0.183. The Kier molecular flexibility index (Phi) is 10.5. The Morgan fingerprint density at radius 1 is 0.765 bits per heavy atom. The van der Waals surface area contributed by atoms with Crippen molar-refractivity contribution in [2.75, 3.05) is 13.2 Å². The van der Waals surface area contributed by atoms with Gasteiger partial charge in [0.25, 0.3) is 0 Å². The topological polar surface area (TPSA) is 52.6 Å². The van der Waals surface area contributed by atoms with Crippen molar-refractivity contribution in [1.82, 2.24) is 0 Å². The Morgan fingerprint density at radius 3 is 1.44 bits per heavy atom. The van der Waals surface area contributed by atoms with Crippen LogP contribution in [0.5, 0.6) is 0 Å². The number of hydrogen-bond donors (Lipinski definition) is 0. The molecule has 0 radical (unpaired) electrons. The van der Waals surface area contributed by atoms with Gasteiger partial charge < -0.3 is 9.47 Å². The number of benzene rings is 3. The summed E-state index contributed by atoms with van der Waals surface area (Å²) in [5, 5.41) is 0. The second kappa shape index (κ2) is 13.3. The van der Waals surface area contributed by atoms with Crippen LogP contribution in [0.3, 0.4) is 0 Å². The highest BCUT2D eigenvalue weighted by molar-refractivity contribution is 7.97. The number of alkyl halides is 2. The second-order valence-electron chi connectivity index (χ2n) is 7.19. The average molecular weight is 486 g/mol. The van der Waals surface area contributed by atoms with Crippen LogP contribution in [0.25, 0.3) is 0 Å². The van der Waals surface area contributed by atoms with Crippen LogP contribution in [-0.4, -0.2) is 31.1 Å². The molecule has 34 heavy (non-hydrogen) atoms. The Hall–Kier alpha value is -3.45. The van der Waals surface area contributed by atoms with Gasteiger partial charge in [-0.2, -0.15) is 8.78 Å². The molecular weight excluding hydrogens is 458 g/mol. The first-order valence-corrected chi connectivity index (χ1v) is 11.7. The lowest BCUT2D eigenvalue weighted by Gasteiger charge is -2.10. The van der Waals surface area contributed by atoms with Gasteiger partial charge in [-0.3, -0.25) is 0 Å². The molecule has 0 spiro atoms. The molecule has 0 heterocycles. The zero-order valence-corrected chi connectivity index (χ0v) is 19.9. The number of halogens is 2. The summed E-state index contributed by atoms with van der Waals surface area (Å²) in [6, 6.07) is 32.2. The van der Waals surface area contributed by atoms with Crippen molar-refractivity contribution in [3.8, 4) is 0 Å². The standard InChI is InChI=1S/C18H15S.C9H12F2O4/c1-4-10-16(11-5-1)19(17-12-6-2-7-13-17)18-14-8-3-9-15-18;1-6(2)7(12)14-4-5-15-8(13)9(3,10)11/h1-15H;1,4-5H2,2-3H3/q+1;. The molecule has 0 saturated carbocycles. The molecule has 3 aromatic carbocycles. The van der Waals surface area contributed by atoms with Crippen molar-refractivity contribution >= 4 is 22.8 Å². The van der Waals surface area contributed by atoms with E-state index >= 15 is 0 Å². The number of hydrogen-bond acceptors (Lipinski definition) is 4. The normalized spacial score (nSPS) is 10.6. The van der Waals surface area contributed by atoms with Gasteiger partial charge in [0.15, 0.2) is 14.7 Å². The predicted octanol–water partition coefficient (Wildman–Crippen LogP) is 6.09. The molecule has 7 heteroatoms. The zero-order chi connectivity index (χ0) is 25.0. The molecular formula is C27H27F2O4S+. The third-order valence-corrected chi connectivity index (χ3v) is 6.42. The summed E-state index contributed by atoms with van der Waals surface area (Å²) < 4.78 is 33.1. The summed E-state index contributed by atoms with van der Waals surface area (Å²) in [7, 11) is -0.0146. The van der Waals surface area contributed by atoms with Crippen LogP contribution in [-0.2, 0) is 30.0 Å². The highest BCUT2D eigenvalue weighted by Crippen LogP contribution is 2.30. The van der Waals surface area contributed by atoms with E-state index < -0.39 is 24.5 Å². The molecule has 0 saturated heterocycles. The van der Waals surface area contributed by atoms with Crippen LogP contribution < -0.4 is 0 Å². The summed E-state index contributed by atoms with van der Waals surface area (Å²) in [4.78, 5) is 25.4. The van der Waals surface area contributed by atoms with Gasteiger partial charge in [0.05, 0.1) is 10.9 Å². The highest BCUT2D eigenvalue weighted by Gasteiger charge is 2.34. The third kappa shape index (κ3) is 8.83. The molecule has 0 amide bonds. The van der Waals surface area contributed by atoms with Crippen molar-refractivity contribution < 1.29 is 27.8 Å². The first-order valence-electron chi connectivity index (χ1n) is 10.5. The third-order valence-electron chi connectivity index (χ3n) is 4.19. The van der Waals surface area contributed by atoms with Gasteiger partial charge in [-0.05, 0) is 43.3 Å². The van der Waals surface area contributed by atoms with E-state index in [9.17, 15) is 18.4 Å². The number of esters is 2. The summed E-state index contributed by atoms with van der Waals surface area (Å²) >= 11 is 0. The van der Waals surface area contributed by atoms with E-state index in [0.717, 1.165) is 0 Å². The smallest absolute Gasteiger partial charge is 0.376 e. The zero-order valence-electron chi connectivity index (χ0n) is 19.1. The molecule has 0 fully saturated rings. The Balaban J connectivity index is 0.000000249. The molecule has 3 aromatic rings. The predicted molar refractivity (Wildman–Crippen MR) is 129 cm³/mol. The van der Waals surface area contributed by atoms with Crippen LogP contribution in [0.15, 0.2) is 118 Å². The van der Waals surface area contributed by atoms with Gasteiger partial charge in [0.1, 0.15) is 13.2 Å². The minimum atomic E-state index is -3.53. The molecule has 0 aliphatic heterocycles. The minimum absolute atomic E-state index is 0.0146. The van der Waals surface area contributed by atoms with E-state index in [2.05, 4.69) is 107 Å². The lowest BCUT2D eigenvalue weighted by Crippen LogP contribution is -2.28. The highest BCUT2D eigenvalue weighted by atomic mass is 32.2. The van der Waals surface area contributed by atoms with Crippen LogP contribution in [0.4, 0.5) is 8.78 Å². The van der Waals surface area contributed by atoms with Crippen molar-refractivity contribution in [3.05, 3.63) is 103 Å². The Morgan fingerprint density at radius 2 is 1.12 bits per heavy atom. The molecule has 4 nitrogen and oxygen atoms in total. The van der Waals surface area contributed by atoms with Crippen molar-refractivity contribution in [2.24, 2.45) is 0 Å². The fourth-order valence-electron chi connectivity index (χ4n) is 2.60. The van der Waals surface area contributed by atoms with Crippen LogP contribution in [0.1, 0.15) is 13.8 Å². The van der Waals surface area contributed by atoms with Gasteiger partial charge in [-0.25, -0.2) is 9.59 Å². The number of carbonyl (C=O) groups excluding carboxylic acids is 2. The fraction of sp³-hybridized carbons (Fsp3) is 0.185. The largest absolute Gasteiger partial charge is 0.459 e. The first kappa shape index (κ1) is 26.8. The monoisotopic (exact) mass is 485 g/mol. The molecule has 3 rings (SSSR count). The van der Waals surface area contributed by atoms with Gasteiger partial charge in [-0.1, -0.05) is 61.2 Å². The van der Waals surface area contributed by atoms with Crippen molar-refractivity contribution in [3.63, 3.8) is 0 Å². The molecule has 0 aliphatic carbocycles.